The molecule has 2 aliphatic heterocycles. The van der Waals surface area contributed by atoms with Gasteiger partial charge in [0.25, 0.3) is 11.5 Å². The summed E-state index contributed by atoms with van der Waals surface area (Å²) in [6, 6.07) is 16.8. The molecule has 2 aromatic heterocycles. The van der Waals surface area contributed by atoms with E-state index in [2.05, 4.69) is 46.8 Å². The second-order valence-corrected chi connectivity index (χ2v) is 19.0. The van der Waals surface area contributed by atoms with Crippen LogP contribution >= 0.6 is 23.5 Å². The lowest BCUT2D eigenvalue weighted by Crippen LogP contribution is -2.24. The molecule has 1 saturated heterocycles. The average molecular weight is 927 g/mol. The number of carbonyl (C=O) groups is 1. The number of rotatable bonds is 14. The Labute approximate surface area is 357 Å². The summed E-state index contributed by atoms with van der Waals surface area (Å²) in [6.45, 7) is 5.53. The number of nitrogens with one attached hydrogen (secondary N) is 2. The van der Waals surface area contributed by atoms with Crippen molar-refractivity contribution in [1.29, 1.82) is 0 Å². The van der Waals surface area contributed by atoms with Crippen molar-refractivity contribution in [2.45, 2.75) is 51.0 Å². The number of nitrogens with two attached hydrogens (primary N) is 2. The number of nitrogen functional groups attached to an aromatic ring is 2. The third-order valence-electron chi connectivity index (χ3n) is 9.79. The summed E-state index contributed by atoms with van der Waals surface area (Å²) in [5.74, 6) is 6.75. The molecule has 11 N–H and O–H groups in total. The number of aliphatic hydroxyl groups excluding tert-OH is 1. The van der Waals surface area contributed by atoms with Gasteiger partial charge < -0.3 is 55.5 Å². The Bertz CT molecular complexity index is 3030. The van der Waals surface area contributed by atoms with Crippen molar-refractivity contribution in [2.75, 3.05) is 24.6 Å². The maximum atomic E-state index is 13.2. The van der Waals surface area contributed by atoms with Gasteiger partial charge in [0.05, 0.1) is 23.7 Å². The van der Waals surface area contributed by atoms with Crippen LogP contribution in [-0.4, -0.2) is 70.5 Å². The highest BCUT2D eigenvalue weighted by atomic mass is 31.3. The summed E-state index contributed by atoms with van der Waals surface area (Å²) >= 11 is 0. The van der Waals surface area contributed by atoms with Gasteiger partial charge in [0.1, 0.15) is 17.6 Å². The van der Waals surface area contributed by atoms with Crippen molar-refractivity contribution in [3.8, 4) is 23.3 Å². The molecule has 0 spiro atoms. The van der Waals surface area contributed by atoms with Gasteiger partial charge in [0, 0.05) is 59.3 Å². The fraction of sp³-hybridized carbons (Fsp3) is 0.256. The number of hydrogen-bond donors (Lipinski definition) is 9. The molecule has 24 heteroatoms. The SMILES string of the molecule is C=c1ccc2c(c1)Oc1cc(N)ccc1C=2c1ccc(C(=O)NCCCCC#Cc2cn(C3OC(COP(=O)(O)OP(=O)(O)OP(=O)(O)O)CC3O)c3nc(N)[nH]c(=O)c23)cc1C. The average Bonchev–Trinajstić information content (AvgIpc) is 3.73. The van der Waals surface area contributed by atoms with Crippen molar-refractivity contribution in [3.05, 3.63) is 109 Å². The number of aryl methyl sites for hydroxylation is 1. The van der Waals surface area contributed by atoms with Crippen molar-refractivity contribution >= 4 is 64.2 Å². The molecule has 7 rings (SSSR count). The van der Waals surface area contributed by atoms with E-state index in [1.165, 1.54) is 10.8 Å². The minimum absolute atomic E-state index is 0.00271. The van der Waals surface area contributed by atoms with E-state index in [1.54, 1.807) is 12.1 Å². The van der Waals surface area contributed by atoms with Crippen LogP contribution in [0.5, 0.6) is 11.5 Å². The van der Waals surface area contributed by atoms with Crippen molar-refractivity contribution in [1.82, 2.24) is 19.9 Å². The number of aromatic amines is 1. The molecule has 5 atom stereocenters. The number of benzene rings is 3. The maximum absolute atomic E-state index is 13.2. The summed E-state index contributed by atoms with van der Waals surface area (Å²) < 4.78 is 60.1. The van der Waals surface area contributed by atoms with E-state index < -0.39 is 54.1 Å². The lowest BCUT2D eigenvalue weighted by atomic mass is 9.89. The smallest absolute Gasteiger partial charge is 0.456 e. The zero-order valence-electron chi connectivity index (χ0n) is 33.2. The molecule has 5 aromatic rings. The van der Waals surface area contributed by atoms with Gasteiger partial charge in [-0.05, 0) is 66.4 Å². The molecular weight excluding hydrogens is 885 g/mol. The van der Waals surface area contributed by atoms with Crippen LogP contribution in [0.3, 0.4) is 0 Å². The molecule has 2 aliphatic rings. The number of fused-ring (bicyclic) bond motifs is 3. The van der Waals surface area contributed by atoms with E-state index in [0.29, 0.717) is 48.6 Å². The lowest BCUT2D eigenvalue weighted by molar-refractivity contribution is -0.0478. The van der Waals surface area contributed by atoms with Crippen LogP contribution in [0.4, 0.5) is 11.6 Å². The van der Waals surface area contributed by atoms with Gasteiger partial charge in [-0.15, -0.1) is 0 Å². The van der Waals surface area contributed by atoms with E-state index in [4.69, 9.17) is 30.7 Å². The molecule has 21 nitrogen and oxygen atoms in total. The van der Waals surface area contributed by atoms with Crippen molar-refractivity contribution < 1.29 is 65.8 Å². The summed E-state index contributed by atoms with van der Waals surface area (Å²) in [6.07, 6.45) is -0.928. The van der Waals surface area contributed by atoms with Crippen LogP contribution in [-0.2, 0) is 31.6 Å². The van der Waals surface area contributed by atoms with Crippen LogP contribution in [0.1, 0.15) is 64.5 Å². The lowest BCUT2D eigenvalue weighted by Gasteiger charge is -2.22. The molecule has 63 heavy (non-hydrogen) atoms. The molecule has 0 bridgehead atoms. The molecule has 332 valence electrons. The number of anilines is 2. The van der Waals surface area contributed by atoms with Gasteiger partial charge in [0.15, 0.2) is 11.9 Å². The number of ether oxygens (including phenoxy) is 2. The van der Waals surface area contributed by atoms with Gasteiger partial charge in [-0.25, -0.2) is 13.7 Å². The van der Waals surface area contributed by atoms with Crippen molar-refractivity contribution in [3.63, 3.8) is 0 Å². The Morgan fingerprint density at radius 3 is 2.52 bits per heavy atom. The van der Waals surface area contributed by atoms with Crippen LogP contribution in [0.15, 0.2) is 65.6 Å². The highest BCUT2D eigenvalue weighted by Gasteiger charge is 2.43. The van der Waals surface area contributed by atoms with Gasteiger partial charge in [-0.1, -0.05) is 36.6 Å². The Morgan fingerprint density at radius 1 is 1.02 bits per heavy atom. The molecule has 1 amide bonds. The number of phosphoric ester groups is 1. The van der Waals surface area contributed by atoms with Crippen LogP contribution < -0.4 is 37.5 Å². The third-order valence-corrected chi connectivity index (χ3v) is 13.6. The molecule has 0 radical (unpaired) electrons. The first-order chi connectivity index (χ1) is 29.7. The zero-order valence-corrected chi connectivity index (χ0v) is 35.8. The molecular formula is C39H41N6O15P3. The van der Waals surface area contributed by atoms with Crippen LogP contribution in [0.25, 0.3) is 23.2 Å². The van der Waals surface area contributed by atoms with E-state index in [-0.39, 0.29) is 34.9 Å². The highest BCUT2D eigenvalue weighted by Crippen LogP contribution is 2.66. The minimum Gasteiger partial charge on any atom is -0.456 e. The van der Waals surface area contributed by atoms with E-state index in [9.17, 15) is 38.2 Å². The number of phosphoric acid groups is 3. The predicted octanol–water partition coefficient (Wildman–Crippen LogP) is 2.90. The molecule has 0 saturated carbocycles. The summed E-state index contributed by atoms with van der Waals surface area (Å²) in [5.41, 5.74) is 16.2. The number of unbranched alkanes of at least 4 members (excludes halogenated alkanes) is 2. The maximum Gasteiger partial charge on any atom is 0.490 e. The first-order valence-electron chi connectivity index (χ1n) is 19.0. The number of H-pyrrole nitrogens is 1. The number of aromatic nitrogens is 3. The van der Waals surface area contributed by atoms with E-state index >= 15 is 0 Å². The van der Waals surface area contributed by atoms with Gasteiger partial charge in [-0.2, -0.15) is 13.6 Å². The second kappa shape index (κ2) is 18.0. The largest absolute Gasteiger partial charge is 0.490 e. The van der Waals surface area contributed by atoms with Gasteiger partial charge in [-0.3, -0.25) is 19.1 Å². The number of hydrogen-bond acceptors (Lipinski definition) is 14. The predicted molar refractivity (Wildman–Crippen MR) is 227 cm³/mol. The summed E-state index contributed by atoms with van der Waals surface area (Å²) in [7, 11) is -16.8. The fourth-order valence-corrected chi connectivity index (χ4v) is 10.2. The first kappa shape index (κ1) is 45.6. The molecule has 4 heterocycles. The molecule has 5 unspecified atom stereocenters. The Kier molecular flexibility index (Phi) is 13.0. The van der Waals surface area contributed by atoms with Crippen LogP contribution in [0, 0.1) is 18.8 Å². The Balaban J connectivity index is 0.963. The number of nitrogens with zero attached hydrogens (tertiary/aromatic N) is 2. The van der Waals surface area contributed by atoms with E-state index in [0.717, 1.165) is 32.7 Å². The van der Waals surface area contributed by atoms with Crippen molar-refractivity contribution in [2.24, 2.45) is 0 Å². The summed E-state index contributed by atoms with van der Waals surface area (Å²) in [5, 5.41) is 15.5. The van der Waals surface area contributed by atoms with Gasteiger partial charge >= 0.3 is 23.5 Å². The normalized spacial score (nSPS) is 19.0. The second-order valence-electron chi connectivity index (χ2n) is 14.5. The number of amides is 1. The summed E-state index contributed by atoms with van der Waals surface area (Å²) in [4.78, 5) is 69.4. The van der Waals surface area contributed by atoms with E-state index in [1.807, 2.05) is 49.4 Å². The standard InChI is InChI=1S/C39H41N6O15P3/c1-21-8-11-28-31(15-21)58-32-17-25(40)10-13-29(32)34(28)27-12-9-23(16-22(27)2)36(47)42-14-6-4-3-5-7-24-19-45(35-33(24)37(48)44-39(41)43-35)38-30(46)18-26(57-38)20-56-62(52,53)60-63(54,55)59-61(49,50)51/h8-13,15-17,19,26,30,38,46H,1,3-4,6,14,18,20,40H2,2H3,(H,42,47)(H,52,53)(H,54,55)(H2,49,50,51)(H3,41,43,44,48). The zero-order chi connectivity index (χ0) is 45.4. The fourth-order valence-electron chi connectivity index (χ4n) is 7.16. The van der Waals surface area contributed by atoms with Gasteiger partial charge in [0.2, 0.25) is 5.95 Å². The monoisotopic (exact) mass is 926 g/mol. The minimum atomic E-state index is -5.74. The van der Waals surface area contributed by atoms with Crippen LogP contribution in [0.2, 0.25) is 0 Å². The first-order valence-corrected chi connectivity index (χ1v) is 23.5. The molecule has 0 aliphatic carbocycles. The Morgan fingerprint density at radius 2 is 1.78 bits per heavy atom. The topological polar surface area (TPSA) is 330 Å². The molecule has 3 aromatic carbocycles. The number of carbonyl (C=O) groups excluding carboxylic acids is 1. The quantitative estimate of drug-likeness (QED) is 0.0328. The number of aliphatic hydroxyl groups is 1. The molecule has 1 fully saturated rings. The Hall–Kier alpha value is -5.42. The third kappa shape index (κ3) is 10.7. The highest BCUT2D eigenvalue weighted by molar-refractivity contribution is 7.66.